The Hall–Kier alpha value is -1.26. The van der Waals surface area contributed by atoms with E-state index in [0.29, 0.717) is 12.6 Å². The highest BCUT2D eigenvalue weighted by Gasteiger charge is 2.23. The van der Waals surface area contributed by atoms with Crippen LogP contribution in [0.2, 0.25) is 0 Å². The molecule has 2 atom stereocenters. The lowest BCUT2D eigenvalue weighted by Gasteiger charge is -2.29. The molecule has 0 bridgehead atoms. The predicted octanol–water partition coefficient (Wildman–Crippen LogP) is 2.49. The van der Waals surface area contributed by atoms with Crippen molar-refractivity contribution in [1.82, 2.24) is 0 Å². The van der Waals surface area contributed by atoms with E-state index in [1.807, 2.05) is 18.2 Å². The molecule has 0 aromatic heterocycles. The minimum absolute atomic E-state index is 0.205. The summed E-state index contributed by atoms with van der Waals surface area (Å²) < 4.78 is 16.8. The fraction of sp³-hybridized carbons (Fsp3) is 0.600. The summed E-state index contributed by atoms with van der Waals surface area (Å²) in [7, 11) is 3.42. The molecule has 2 N–H and O–H groups in total. The second kappa shape index (κ2) is 6.78. The van der Waals surface area contributed by atoms with Gasteiger partial charge >= 0.3 is 0 Å². The molecule has 0 spiro atoms. The SMILES string of the molecule is COc1ccc(CN)c(OC2CCCC(OC)C2)c1. The third-order valence-corrected chi connectivity index (χ3v) is 3.70. The standard InChI is InChI=1S/C15H23NO3/c1-17-12-4-3-5-14(8-12)19-15-9-13(18-2)7-6-11(15)10-16/h6-7,9,12,14H,3-5,8,10,16H2,1-2H3. The number of nitrogens with two attached hydrogens (primary N) is 1. The summed E-state index contributed by atoms with van der Waals surface area (Å²) >= 11 is 0. The average molecular weight is 265 g/mol. The number of ether oxygens (including phenoxy) is 3. The van der Waals surface area contributed by atoms with Crippen molar-refractivity contribution in [3.8, 4) is 11.5 Å². The summed E-state index contributed by atoms with van der Waals surface area (Å²) in [4.78, 5) is 0. The zero-order valence-electron chi connectivity index (χ0n) is 11.7. The first-order valence-electron chi connectivity index (χ1n) is 6.83. The summed E-state index contributed by atoms with van der Waals surface area (Å²) in [5.74, 6) is 1.63. The van der Waals surface area contributed by atoms with Gasteiger partial charge in [0.05, 0.1) is 13.2 Å². The number of hydrogen-bond acceptors (Lipinski definition) is 4. The zero-order chi connectivity index (χ0) is 13.7. The van der Waals surface area contributed by atoms with E-state index >= 15 is 0 Å². The molecule has 4 nitrogen and oxygen atoms in total. The second-order valence-electron chi connectivity index (χ2n) is 4.94. The van der Waals surface area contributed by atoms with Gasteiger partial charge in [0.1, 0.15) is 17.6 Å². The third-order valence-electron chi connectivity index (χ3n) is 3.70. The summed E-state index contributed by atoms with van der Waals surface area (Å²) in [6.07, 6.45) is 4.80. The highest BCUT2D eigenvalue weighted by molar-refractivity contribution is 5.40. The van der Waals surface area contributed by atoms with E-state index in [-0.39, 0.29) is 6.10 Å². The van der Waals surface area contributed by atoms with Gasteiger partial charge in [0, 0.05) is 31.7 Å². The largest absolute Gasteiger partial charge is 0.497 e. The van der Waals surface area contributed by atoms with Crippen molar-refractivity contribution in [3.05, 3.63) is 23.8 Å². The molecule has 0 heterocycles. The Labute approximate surface area is 114 Å². The summed E-state index contributed by atoms with van der Waals surface area (Å²) in [6.45, 7) is 0.472. The quantitative estimate of drug-likeness (QED) is 0.888. The number of methoxy groups -OCH3 is 2. The van der Waals surface area contributed by atoms with Crippen molar-refractivity contribution in [3.63, 3.8) is 0 Å². The van der Waals surface area contributed by atoms with Gasteiger partial charge in [-0.15, -0.1) is 0 Å². The lowest BCUT2D eigenvalue weighted by atomic mass is 9.95. The fourth-order valence-electron chi connectivity index (χ4n) is 2.54. The first kappa shape index (κ1) is 14.2. The van der Waals surface area contributed by atoms with Crippen molar-refractivity contribution in [2.75, 3.05) is 14.2 Å². The van der Waals surface area contributed by atoms with Gasteiger partial charge in [-0.2, -0.15) is 0 Å². The first-order valence-corrected chi connectivity index (χ1v) is 6.83. The van der Waals surface area contributed by atoms with Crippen LogP contribution in [0.5, 0.6) is 11.5 Å². The first-order chi connectivity index (χ1) is 9.26. The van der Waals surface area contributed by atoms with Crippen LogP contribution in [-0.4, -0.2) is 26.4 Å². The Morgan fingerprint density at radius 3 is 2.68 bits per heavy atom. The lowest BCUT2D eigenvalue weighted by molar-refractivity contribution is 0.0206. The van der Waals surface area contributed by atoms with Gasteiger partial charge in [-0.25, -0.2) is 0 Å². The van der Waals surface area contributed by atoms with Crippen LogP contribution in [-0.2, 0) is 11.3 Å². The van der Waals surface area contributed by atoms with Crippen molar-refractivity contribution >= 4 is 0 Å². The van der Waals surface area contributed by atoms with Crippen molar-refractivity contribution in [2.45, 2.75) is 44.4 Å². The molecule has 1 aromatic rings. The Morgan fingerprint density at radius 2 is 2.00 bits per heavy atom. The summed E-state index contributed by atoms with van der Waals surface area (Å²) in [6, 6.07) is 5.79. The van der Waals surface area contributed by atoms with Crippen LogP contribution in [0.1, 0.15) is 31.2 Å². The normalized spacial score (nSPS) is 23.1. The highest BCUT2D eigenvalue weighted by atomic mass is 16.5. The number of rotatable bonds is 5. The van der Waals surface area contributed by atoms with Gasteiger partial charge in [0.25, 0.3) is 0 Å². The molecule has 1 aromatic carbocycles. The summed E-state index contributed by atoms with van der Waals surface area (Å²) in [5, 5.41) is 0. The Kier molecular flexibility index (Phi) is 5.05. The third kappa shape index (κ3) is 3.61. The van der Waals surface area contributed by atoms with Crippen LogP contribution in [0.25, 0.3) is 0 Å². The maximum absolute atomic E-state index is 6.11. The van der Waals surface area contributed by atoms with E-state index in [0.717, 1.165) is 42.7 Å². The molecule has 2 unspecified atom stereocenters. The van der Waals surface area contributed by atoms with Gasteiger partial charge in [0.2, 0.25) is 0 Å². The van der Waals surface area contributed by atoms with E-state index in [1.54, 1.807) is 14.2 Å². The monoisotopic (exact) mass is 265 g/mol. The van der Waals surface area contributed by atoms with Crippen LogP contribution < -0.4 is 15.2 Å². The number of hydrogen-bond donors (Lipinski definition) is 1. The molecule has 19 heavy (non-hydrogen) atoms. The Morgan fingerprint density at radius 1 is 1.21 bits per heavy atom. The lowest BCUT2D eigenvalue weighted by Crippen LogP contribution is -2.29. The van der Waals surface area contributed by atoms with Gasteiger partial charge in [-0.05, 0) is 25.3 Å². The molecule has 4 heteroatoms. The Balaban J connectivity index is 2.08. The van der Waals surface area contributed by atoms with Crippen LogP contribution in [0.15, 0.2) is 18.2 Å². The highest BCUT2D eigenvalue weighted by Crippen LogP contribution is 2.30. The molecule has 1 aliphatic rings. The molecule has 0 radical (unpaired) electrons. The van der Waals surface area contributed by atoms with E-state index < -0.39 is 0 Å². The van der Waals surface area contributed by atoms with E-state index in [1.165, 1.54) is 0 Å². The molecule has 0 saturated heterocycles. The van der Waals surface area contributed by atoms with Gasteiger partial charge in [-0.3, -0.25) is 0 Å². The van der Waals surface area contributed by atoms with Crippen LogP contribution in [0.3, 0.4) is 0 Å². The van der Waals surface area contributed by atoms with Crippen molar-refractivity contribution < 1.29 is 14.2 Å². The van der Waals surface area contributed by atoms with Crippen molar-refractivity contribution in [1.29, 1.82) is 0 Å². The molecular weight excluding hydrogens is 242 g/mol. The fourth-order valence-corrected chi connectivity index (χ4v) is 2.54. The zero-order valence-corrected chi connectivity index (χ0v) is 11.7. The Bertz CT molecular complexity index is 408. The maximum atomic E-state index is 6.11. The molecule has 1 saturated carbocycles. The molecule has 1 aliphatic carbocycles. The van der Waals surface area contributed by atoms with Gasteiger partial charge in [0.15, 0.2) is 0 Å². The average Bonchev–Trinajstić information content (AvgIpc) is 2.47. The van der Waals surface area contributed by atoms with E-state index in [9.17, 15) is 0 Å². The second-order valence-corrected chi connectivity index (χ2v) is 4.94. The van der Waals surface area contributed by atoms with E-state index in [2.05, 4.69) is 0 Å². The minimum atomic E-state index is 0.205. The summed E-state index contributed by atoms with van der Waals surface area (Å²) in [5.41, 5.74) is 6.77. The van der Waals surface area contributed by atoms with Crippen LogP contribution in [0, 0.1) is 0 Å². The van der Waals surface area contributed by atoms with Gasteiger partial charge in [-0.1, -0.05) is 6.07 Å². The molecule has 2 rings (SSSR count). The molecule has 106 valence electrons. The molecule has 0 amide bonds. The van der Waals surface area contributed by atoms with Crippen LogP contribution >= 0.6 is 0 Å². The molecule has 0 aliphatic heterocycles. The molecular formula is C15H23NO3. The predicted molar refractivity (Wildman–Crippen MR) is 74.6 cm³/mol. The topological polar surface area (TPSA) is 53.7 Å². The van der Waals surface area contributed by atoms with Crippen LogP contribution in [0.4, 0.5) is 0 Å². The van der Waals surface area contributed by atoms with Crippen molar-refractivity contribution in [2.24, 2.45) is 5.73 Å². The minimum Gasteiger partial charge on any atom is -0.497 e. The smallest absolute Gasteiger partial charge is 0.127 e. The number of benzene rings is 1. The molecule has 1 fully saturated rings. The van der Waals surface area contributed by atoms with E-state index in [4.69, 9.17) is 19.9 Å². The maximum Gasteiger partial charge on any atom is 0.127 e. The van der Waals surface area contributed by atoms with Gasteiger partial charge < -0.3 is 19.9 Å².